The van der Waals surface area contributed by atoms with E-state index in [0.717, 1.165) is 37.0 Å². The highest BCUT2D eigenvalue weighted by atomic mass is 32.2. The second-order valence-corrected chi connectivity index (χ2v) is 6.48. The van der Waals surface area contributed by atoms with E-state index >= 15 is 0 Å². The van der Waals surface area contributed by atoms with E-state index in [1.54, 1.807) is 6.07 Å². The molecular weight excluding hydrogens is 277 g/mol. The Morgan fingerprint density at radius 2 is 2.40 bits per heavy atom. The SMILES string of the molecule is CC1CN(Cc2ccc(F)cc2/C=C/C(=O)O)CCS1. The van der Waals surface area contributed by atoms with E-state index in [4.69, 9.17) is 5.11 Å². The lowest BCUT2D eigenvalue weighted by Crippen LogP contribution is -2.36. The molecule has 108 valence electrons. The zero-order valence-corrected chi connectivity index (χ0v) is 12.2. The van der Waals surface area contributed by atoms with Crippen molar-refractivity contribution >= 4 is 23.8 Å². The maximum absolute atomic E-state index is 13.3. The first-order valence-corrected chi connectivity index (χ1v) is 7.63. The van der Waals surface area contributed by atoms with Crippen LogP contribution in [0.1, 0.15) is 18.1 Å². The lowest BCUT2D eigenvalue weighted by molar-refractivity contribution is -0.131. The quantitative estimate of drug-likeness (QED) is 0.867. The molecule has 0 spiro atoms. The van der Waals surface area contributed by atoms with Gasteiger partial charge in [-0.05, 0) is 29.3 Å². The molecule has 1 unspecified atom stereocenters. The normalized spacial score (nSPS) is 20.4. The Kier molecular flexibility index (Phi) is 5.20. The molecule has 3 nitrogen and oxygen atoms in total. The Morgan fingerprint density at radius 3 is 3.10 bits per heavy atom. The van der Waals surface area contributed by atoms with Crippen LogP contribution in [0.2, 0.25) is 0 Å². The number of hydrogen-bond donors (Lipinski definition) is 1. The maximum atomic E-state index is 13.3. The number of nitrogens with zero attached hydrogens (tertiary/aromatic N) is 1. The zero-order chi connectivity index (χ0) is 14.5. The van der Waals surface area contributed by atoms with Crippen molar-refractivity contribution in [1.29, 1.82) is 0 Å². The fraction of sp³-hybridized carbons (Fsp3) is 0.400. The third-order valence-electron chi connectivity index (χ3n) is 3.23. The highest BCUT2D eigenvalue weighted by Gasteiger charge is 2.17. The van der Waals surface area contributed by atoms with Crippen molar-refractivity contribution in [3.05, 3.63) is 41.2 Å². The minimum absolute atomic E-state index is 0.346. The van der Waals surface area contributed by atoms with Crippen LogP contribution in [0.4, 0.5) is 4.39 Å². The van der Waals surface area contributed by atoms with Crippen LogP contribution in [0.3, 0.4) is 0 Å². The number of carboxylic acid groups (broad SMARTS) is 1. The van der Waals surface area contributed by atoms with Crippen LogP contribution in [0, 0.1) is 5.82 Å². The Morgan fingerprint density at radius 1 is 1.60 bits per heavy atom. The smallest absolute Gasteiger partial charge is 0.328 e. The molecule has 0 saturated carbocycles. The summed E-state index contributed by atoms with van der Waals surface area (Å²) < 4.78 is 13.3. The summed E-state index contributed by atoms with van der Waals surface area (Å²) in [5.41, 5.74) is 1.60. The van der Waals surface area contributed by atoms with E-state index in [1.165, 1.54) is 18.2 Å². The molecule has 1 heterocycles. The molecular formula is C15H18FNO2S. The number of aliphatic carboxylic acids is 1. The van der Waals surface area contributed by atoms with Crippen molar-refractivity contribution in [3.8, 4) is 0 Å². The number of carbonyl (C=O) groups is 1. The van der Waals surface area contributed by atoms with E-state index in [9.17, 15) is 9.18 Å². The Bertz CT molecular complexity index is 519. The van der Waals surface area contributed by atoms with Gasteiger partial charge in [0.2, 0.25) is 0 Å². The van der Waals surface area contributed by atoms with E-state index in [0.29, 0.717) is 10.8 Å². The van der Waals surface area contributed by atoms with Gasteiger partial charge in [-0.3, -0.25) is 4.90 Å². The van der Waals surface area contributed by atoms with Crippen LogP contribution in [0.25, 0.3) is 6.08 Å². The van der Waals surface area contributed by atoms with Crippen molar-refractivity contribution < 1.29 is 14.3 Å². The first-order valence-electron chi connectivity index (χ1n) is 6.58. The monoisotopic (exact) mass is 295 g/mol. The van der Waals surface area contributed by atoms with E-state index in [1.807, 2.05) is 11.8 Å². The number of halogens is 1. The van der Waals surface area contributed by atoms with Gasteiger partial charge in [-0.15, -0.1) is 0 Å². The molecule has 5 heteroatoms. The summed E-state index contributed by atoms with van der Waals surface area (Å²) in [6.07, 6.45) is 2.51. The number of carboxylic acids is 1. The van der Waals surface area contributed by atoms with Gasteiger partial charge in [-0.2, -0.15) is 11.8 Å². The van der Waals surface area contributed by atoms with Crippen LogP contribution in [0.15, 0.2) is 24.3 Å². The minimum Gasteiger partial charge on any atom is -0.478 e. The Hall–Kier alpha value is -1.33. The van der Waals surface area contributed by atoms with Crippen LogP contribution < -0.4 is 0 Å². The first-order chi connectivity index (χ1) is 9.54. The second-order valence-electron chi connectivity index (χ2n) is 4.93. The van der Waals surface area contributed by atoms with Crippen LogP contribution >= 0.6 is 11.8 Å². The third kappa shape index (κ3) is 4.35. The standard InChI is InChI=1S/C15H18FNO2S/c1-11-9-17(6-7-20-11)10-13-2-4-14(16)8-12(13)3-5-15(18)19/h2-5,8,11H,6-7,9-10H2,1H3,(H,18,19)/b5-3+. The van der Waals surface area contributed by atoms with Crippen LogP contribution in [-0.2, 0) is 11.3 Å². The Labute approximate surface area is 122 Å². The molecule has 0 radical (unpaired) electrons. The zero-order valence-electron chi connectivity index (χ0n) is 11.4. The van der Waals surface area contributed by atoms with Gasteiger partial charge in [0.25, 0.3) is 0 Å². The summed E-state index contributed by atoms with van der Waals surface area (Å²) in [5.74, 6) is -0.271. The van der Waals surface area contributed by atoms with E-state index in [2.05, 4.69) is 11.8 Å². The molecule has 0 aromatic heterocycles. The fourth-order valence-electron chi connectivity index (χ4n) is 2.30. The predicted molar refractivity (Wildman–Crippen MR) is 80.3 cm³/mol. The topological polar surface area (TPSA) is 40.5 Å². The van der Waals surface area contributed by atoms with Crippen molar-refractivity contribution in [2.24, 2.45) is 0 Å². The van der Waals surface area contributed by atoms with Crippen molar-refractivity contribution in [2.45, 2.75) is 18.7 Å². The molecule has 1 aliphatic heterocycles. The van der Waals surface area contributed by atoms with Gasteiger partial charge in [0.05, 0.1) is 0 Å². The van der Waals surface area contributed by atoms with Crippen molar-refractivity contribution in [2.75, 3.05) is 18.8 Å². The lowest BCUT2D eigenvalue weighted by atomic mass is 10.1. The van der Waals surface area contributed by atoms with Gasteiger partial charge in [0, 0.05) is 36.7 Å². The molecule has 2 rings (SSSR count). The van der Waals surface area contributed by atoms with E-state index in [-0.39, 0.29) is 5.82 Å². The van der Waals surface area contributed by atoms with E-state index < -0.39 is 5.97 Å². The van der Waals surface area contributed by atoms with Gasteiger partial charge >= 0.3 is 5.97 Å². The van der Waals surface area contributed by atoms with Gasteiger partial charge < -0.3 is 5.11 Å². The van der Waals surface area contributed by atoms with Crippen molar-refractivity contribution in [1.82, 2.24) is 4.90 Å². The van der Waals surface area contributed by atoms with Crippen LogP contribution in [-0.4, -0.2) is 40.1 Å². The Balaban J connectivity index is 2.15. The molecule has 1 aromatic carbocycles. The summed E-state index contributed by atoms with van der Waals surface area (Å²) in [7, 11) is 0. The van der Waals surface area contributed by atoms with Crippen LogP contribution in [0.5, 0.6) is 0 Å². The molecule has 1 N–H and O–H groups in total. The summed E-state index contributed by atoms with van der Waals surface area (Å²) in [4.78, 5) is 12.9. The third-order valence-corrected chi connectivity index (χ3v) is 4.37. The average Bonchev–Trinajstić information content (AvgIpc) is 2.39. The highest BCUT2D eigenvalue weighted by Crippen LogP contribution is 2.21. The molecule has 1 aliphatic rings. The molecule has 0 amide bonds. The number of thioether (sulfide) groups is 1. The molecule has 0 aliphatic carbocycles. The number of hydrogen-bond acceptors (Lipinski definition) is 3. The average molecular weight is 295 g/mol. The molecule has 1 fully saturated rings. The molecule has 1 saturated heterocycles. The molecule has 1 atom stereocenters. The highest BCUT2D eigenvalue weighted by molar-refractivity contribution is 7.99. The number of rotatable bonds is 4. The van der Waals surface area contributed by atoms with Crippen molar-refractivity contribution in [3.63, 3.8) is 0 Å². The first kappa shape index (κ1) is 15.1. The minimum atomic E-state index is -1.02. The summed E-state index contributed by atoms with van der Waals surface area (Å²) in [6.45, 7) is 4.94. The summed E-state index contributed by atoms with van der Waals surface area (Å²) in [6, 6.07) is 4.55. The van der Waals surface area contributed by atoms with Gasteiger partial charge in [0.1, 0.15) is 5.82 Å². The molecule has 20 heavy (non-hydrogen) atoms. The molecule has 1 aromatic rings. The number of benzene rings is 1. The van der Waals surface area contributed by atoms with Gasteiger partial charge in [0.15, 0.2) is 0 Å². The predicted octanol–water partition coefficient (Wildman–Crippen LogP) is 2.86. The summed E-state index contributed by atoms with van der Waals surface area (Å²) >= 11 is 1.96. The lowest BCUT2D eigenvalue weighted by Gasteiger charge is -2.30. The molecule has 0 bridgehead atoms. The largest absolute Gasteiger partial charge is 0.478 e. The second kappa shape index (κ2) is 6.90. The maximum Gasteiger partial charge on any atom is 0.328 e. The van der Waals surface area contributed by atoms with Gasteiger partial charge in [-0.1, -0.05) is 13.0 Å². The van der Waals surface area contributed by atoms with Gasteiger partial charge in [-0.25, -0.2) is 9.18 Å². The fourth-order valence-corrected chi connectivity index (χ4v) is 3.38. The summed E-state index contributed by atoms with van der Waals surface area (Å²) in [5, 5.41) is 9.30.